The first-order valence-corrected chi connectivity index (χ1v) is 7.60. The van der Waals surface area contributed by atoms with E-state index >= 15 is 0 Å². The summed E-state index contributed by atoms with van der Waals surface area (Å²) in [6, 6.07) is 6.17. The van der Waals surface area contributed by atoms with Crippen LogP contribution in [-0.2, 0) is 5.41 Å². The molecule has 1 fully saturated rings. The summed E-state index contributed by atoms with van der Waals surface area (Å²) in [5.41, 5.74) is 1.68. The SMILES string of the molecule is CCNCCC1(c2ccc(Cl)c(Cl)c2)CCCC1. The van der Waals surface area contributed by atoms with Gasteiger partial charge < -0.3 is 5.32 Å². The molecule has 1 saturated carbocycles. The van der Waals surface area contributed by atoms with Gasteiger partial charge >= 0.3 is 0 Å². The number of hydrogen-bond acceptors (Lipinski definition) is 1. The molecule has 18 heavy (non-hydrogen) atoms. The number of hydrogen-bond donors (Lipinski definition) is 1. The van der Waals surface area contributed by atoms with Crippen LogP contribution in [0.25, 0.3) is 0 Å². The molecule has 0 atom stereocenters. The lowest BCUT2D eigenvalue weighted by atomic mass is 9.76. The van der Waals surface area contributed by atoms with Crippen LogP contribution in [0.2, 0.25) is 10.0 Å². The van der Waals surface area contributed by atoms with E-state index in [0.717, 1.165) is 13.1 Å². The van der Waals surface area contributed by atoms with Crippen LogP contribution in [0.3, 0.4) is 0 Å². The number of benzene rings is 1. The zero-order chi connectivity index (χ0) is 13.0. The Morgan fingerprint density at radius 1 is 1.17 bits per heavy atom. The summed E-state index contributed by atoms with van der Waals surface area (Å²) < 4.78 is 0. The first kappa shape index (κ1) is 14.2. The van der Waals surface area contributed by atoms with Crippen molar-refractivity contribution in [1.82, 2.24) is 5.32 Å². The van der Waals surface area contributed by atoms with Crippen LogP contribution in [0.5, 0.6) is 0 Å². The first-order chi connectivity index (χ1) is 8.68. The van der Waals surface area contributed by atoms with Gasteiger partial charge in [0, 0.05) is 0 Å². The van der Waals surface area contributed by atoms with Crippen LogP contribution in [-0.4, -0.2) is 13.1 Å². The highest BCUT2D eigenvalue weighted by molar-refractivity contribution is 6.42. The van der Waals surface area contributed by atoms with Gasteiger partial charge in [0.15, 0.2) is 0 Å². The summed E-state index contributed by atoms with van der Waals surface area (Å²) in [5, 5.41) is 4.77. The van der Waals surface area contributed by atoms with E-state index in [9.17, 15) is 0 Å². The smallest absolute Gasteiger partial charge is 0.0595 e. The Kier molecular flexibility index (Phi) is 4.94. The maximum atomic E-state index is 6.17. The second-order valence-corrected chi connectivity index (χ2v) is 6.03. The van der Waals surface area contributed by atoms with Crippen molar-refractivity contribution in [2.24, 2.45) is 0 Å². The standard InChI is InChI=1S/C15H21Cl2N/c1-2-18-10-9-15(7-3-4-8-15)12-5-6-13(16)14(17)11-12/h5-6,11,18H,2-4,7-10H2,1H3. The predicted octanol–water partition coefficient (Wildman–Crippen LogP) is 4.80. The molecule has 0 unspecified atom stereocenters. The van der Waals surface area contributed by atoms with Crippen molar-refractivity contribution in [3.8, 4) is 0 Å². The summed E-state index contributed by atoms with van der Waals surface area (Å²) in [7, 11) is 0. The van der Waals surface area contributed by atoms with Crippen molar-refractivity contribution in [3.63, 3.8) is 0 Å². The highest BCUT2D eigenvalue weighted by Crippen LogP contribution is 2.44. The van der Waals surface area contributed by atoms with E-state index in [1.54, 1.807) is 0 Å². The third-order valence-corrected chi connectivity index (χ3v) is 4.86. The fourth-order valence-electron chi connectivity index (χ4n) is 3.07. The van der Waals surface area contributed by atoms with Crippen molar-refractivity contribution in [3.05, 3.63) is 33.8 Å². The minimum Gasteiger partial charge on any atom is -0.317 e. The molecule has 0 aliphatic heterocycles. The average molecular weight is 286 g/mol. The van der Waals surface area contributed by atoms with Crippen molar-refractivity contribution in [2.45, 2.75) is 44.4 Å². The lowest BCUT2D eigenvalue weighted by Crippen LogP contribution is -2.28. The van der Waals surface area contributed by atoms with E-state index < -0.39 is 0 Å². The fraction of sp³-hybridized carbons (Fsp3) is 0.600. The summed E-state index contributed by atoms with van der Waals surface area (Å²) in [4.78, 5) is 0. The van der Waals surface area contributed by atoms with Gasteiger partial charge in [0.2, 0.25) is 0 Å². The lowest BCUT2D eigenvalue weighted by molar-refractivity contribution is 0.395. The third-order valence-electron chi connectivity index (χ3n) is 4.12. The molecule has 0 heterocycles. The summed E-state index contributed by atoms with van der Waals surface area (Å²) in [6.45, 7) is 4.27. The molecule has 0 aromatic heterocycles. The number of rotatable bonds is 5. The second kappa shape index (κ2) is 6.27. The van der Waals surface area contributed by atoms with E-state index in [4.69, 9.17) is 23.2 Å². The van der Waals surface area contributed by atoms with Crippen LogP contribution in [0, 0.1) is 0 Å². The molecule has 1 N–H and O–H groups in total. The molecular formula is C15H21Cl2N. The molecule has 100 valence electrons. The van der Waals surface area contributed by atoms with Crippen molar-refractivity contribution in [1.29, 1.82) is 0 Å². The van der Waals surface area contributed by atoms with Gasteiger partial charge in [-0.25, -0.2) is 0 Å². The maximum absolute atomic E-state index is 6.17. The van der Waals surface area contributed by atoms with Crippen LogP contribution >= 0.6 is 23.2 Å². The number of nitrogens with one attached hydrogen (secondary N) is 1. The maximum Gasteiger partial charge on any atom is 0.0595 e. The molecule has 1 aliphatic carbocycles. The summed E-state index contributed by atoms with van der Waals surface area (Å²) in [5.74, 6) is 0. The van der Waals surface area contributed by atoms with Crippen molar-refractivity contribution >= 4 is 23.2 Å². The van der Waals surface area contributed by atoms with Gasteiger partial charge in [-0.2, -0.15) is 0 Å². The molecule has 0 saturated heterocycles. The normalized spacial score (nSPS) is 18.2. The summed E-state index contributed by atoms with van der Waals surface area (Å²) >= 11 is 12.2. The molecule has 1 aromatic carbocycles. The molecule has 0 amide bonds. The Morgan fingerprint density at radius 2 is 1.89 bits per heavy atom. The Hall–Kier alpha value is -0.240. The largest absolute Gasteiger partial charge is 0.317 e. The minimum atomic E-state index is 0.316. The minimum absolute atomic E-state index is 0.316. The van der Waals surface area contributed by atoms with E-state index in [1.165, 1.54) is 37.7 Å². The van der Waals surface area contributed by atoms with E-state index in [-0.39, 0.29) is 0 Å². The second-order valence-electron chi connectivity index (χ2n) is 5.22. The van der Waals surface area contributed by atoms with Gasteiger partial charge in [-0.15, -0.1) is 0 Å². The highest BCUT2D eigenvalue weighted by Gasteiger charge is 2.35. The fourth-order valence-corrected chi connectivity index (χ4v) is 3.36. The van der Waals surface area contributed by atoms with Crippen LogP contribution in [0.4, 0.5) is 0 Å². The first-order valence-electron chi connectivity index (χ1n) is 6.84. The molecule has 1 aromatic rings. The van der Waals surface area contributed by atoms with Gasteiger partial charge in [-0.3, -0.25) is 0 Å². The van der Waals surface area contributed by atoms with Gasteiger partial charge in [0.05, 0.1) is 10.0 Å². The van der Waals surface area contributed by atoms with E-state index in [2.05, 4.69) is 24.4 Å². The monoisotopic (exact) mass is 285 g/mol. The Balaban J connectivity index is 2.20. The molecule has 1 aliphatic rings. The number of halogens is 2. The third kappa shape index (κ3) is 3.01. The molecule has 0 bridgehead atoms. The molecule has 2 rings (SSSR count). The van der Waals surface area contributed by atoms with E-state index in [1.807, 2.05) is 6.07 Å². The van der Waals surface area contributed by atoms with Gasteiger partial charge in [-0.1, -0.05) is 49.0 Å². The van der Waals surface area contributed by atoms with Gasteiger partial charge in [0.25, 0.3) is 0 Å². The average Bonchev–Trinajstić information content (AvgIpc) is 2.83. The van der Waals surface area contributed by atoms with Crippen molar-refractivity contribution in [2.75, 3.05) is 13.1 Å². The van der Waals surface area contributed by atoms with E-state index in [0.29, 0.717) is 15.5 Å². The van der Waals surface area contributed by atoms with Crippen LogP contribution in [0.15, 0.2) is 18.2 Å². The Morgan fingerprint density at radius 3 is 2.50 bits per heavy atom. The molecule has 3 heteroatoms. The topological polar surface area (TPSA) is 12.0 Å². The van der Waals surface area contributed by atoms with Crippen LogP contribution in [0.1, 0.15) is 44.6 Å². The predicted molar refractivity (Wildman–Crippen MR) is 79.8 cm³/mol. The zero-order valence-electron chi connectivity index (χ0n) is 10.9. The van der Waals surface area contributed by atoms with Crippen LogP contribution < -0.4 is 5.32 Å². The Labute approximate surface area is 120 Å². The molecule has 0 radical (unpaired) electrons. The molecular weight excluding hydrogens is 265 g/mol. The highest BCUT2D eigenvalue weighted by atomic mass is 35.5. The Bertz CT molecular complexity index is 397. The quantitative estimate of drug-likeness (QED) is 0.766. The zero-order valence-corrected chi connectivity index (χ0v) is 12.4. The summed E-state index contributed by atoms with van der Waals surface area (Å²) in [6.07, 6.45) is 6.39. The molecule has 1 nitrogen and oxygen atoms in total. The lowest BCUT2D eigenvalue weighted by Gasteiger charge is -2.30. The van der Waals surface area contributed by atoms with Crippen molar-refractivity contribution < 1.29 is 0 Å². The van der Waals surface area contributed by atoms with Gasteiger partial charge in [-0.05, 0) is 55.5 Å². The van der Waals surface area contributed by atoms with Gasteiger partial charge in [0.1, 0.15) is 0 Å². The molecule has 0 spiro atoms.